The van der Waals surface area contributed by atoms with Crippen LogP contribution in [-0.2, 0) is 32.0 Å². The highest BCUT2D eigenvalue weighted by Crippen LogP contribution is 2.24. The summed E-state index contributed by atoms with van der Waals surface area (Å²) in [4.78, 5) is 53.3. The second kappa shape index (κ2) is 16.5. The van der Waals surface area contributed by atoms with E-state index >= 15 is 0 Å². The van der Waals surface area contributed by atoms with Crippen LogP contribution in [-0.4, -0.2) is 42.1 Å². The van der Waals surface area contributed by atoms with Gasteiger partial charge in [-0.15, -0.1) is 0 Å². The number of Topliss-reactive ketones (excluding diaryl/α,β-unsaturated/α-hetero) is 1. The van der Waals surface area contributed by atoms with Crippen LogP contribution in [0.3, 0.4) is 0 Å². The Morgan fingerprint density at radius 2 is 1.71 bits per heavy atom. The molecule has 0 bridgehead atoms. The fraction of sp³-hybridized carbons (Fsp3) is 0.368. The van der Waals surface area contributed by atoms with Crippen molar-refractivity contribution in [2.45, 2.75) is 64.5 Å². The third-order valence-electron chi connectivity index (χ3n) is 8.32. The quantitative estimate of drug-likeness (QED) is 0.188. The first-order valence-corrected chi connectivity index (χ1v) is 15.9. The number of amides is 3. The number of carbonyl (C=O) groups excluding carboxylic acids is 4. The number of ketones is 1. The van der Waals surface area contributed by atoms with Gasteiger partial charge in [0, 0.05) is 37.3 Å². The van der Waals surface area contributed by atoms with Gasteiger partial charge in [0.25, 0.3) is 0 Å². The Balaban J connectivity index is 1.54. The molecule has 4 atom stereocenters. The van der Waals surface area contributed by atoms with Gasteiger partial charge < -0.3 is 16.0 Å². The lowest BCUT2D eigenvalue weighted by Gasteiger charge is -2.25. The van der Waals surface area contributed by atoms with E-state index in [2.05, 4.69) is 22.5 Å². The summed E-state index contributed by atoms with van der Waals surface area (Å²) in [7, 11) is 0. The van der Waals surface area contributed by atoms with Crippen molar-refractivity contribution in [1.29, 1.82) is 0 Å². The van der Waals surface area contributed by atoms with Gasteiger partial charge in [-0.25, -0.2) is 0 Å². The molecule has 0 spiro atoms. The van der Waals surface area contributed by atoms with Crippen LogP contribution in [0.5, 0.6) is 0 Å². The molecule has 1 aliphatic heterocycles. The van der Waals surface area contributed by atoms with Crippen LogP contribution in [0.1, 0.15) is 50.7 Å². The molecule has 3 amide bonds. The number of carbonyl (C=O) groups is 4. The van der Waals surface area contributed by atoms with Crippen LogP contribution in [0.25, 0.3) is 10.8 Å². The molecule has 1 fully saturated rings. The van der Waals surface area contributed by atoms with E-state index in [1.165, 1.54) is 0 Å². The predicted molar refractivity (Wildman–Crippen MR) is 179 cm³/mol. The maximum absolute atomic E-state index is 14.1. The third kappa shape index (κ3) is 10.00. The molecule has 0 unspecified atom stereocenters. The van der Waals surface area contributed by atoms with Crippen molar-refractivity contribution < 1.29 is 19.2 Å². The number of benzene rings is 3. The maximum atomic E-state index is 14.1. The highest BCUT2D eigenvalue weighted by Gasteiger charge is 2.31. The van der Waals surface area contributed by atoms with Crippen LogP contribution in [0.4, 0.5) is 0 Å². The molecule has 45 heavy (non-hydrogen) atoms. The molecule has 7 nitrogen and oxygen atoms in total. The monoisotopic (exact) mass is 607 g/mol. The second-order valence-corrected chi connectivity index (χ2v) is 12.4. The number of hydrogen-bond donors (Lipinski definition) is 3. The Bertz CT molecular complexity index is 1510. The SMILES string of the molecule is C=C/C=C/[C@H](C[C@@H]1CCNC1=O)NC(=O)[C@@H](CC(=O)[C@H](Cc1cccc2ccccc12)NC(=O)Cc1ccccc1)CC(C)C. The van der Waals surface area contributed by atoms with Gasteiger partial charge in [-0.2, -0.15) is 0 Å². The second-order valence-electron chi connectivity index (χ2n) is 12.4. The van der Waals surface area contributed by atoms with Gasteiger partial charge in [0.05, 0.1) is 12.5 Å². The van der Waals surface area contributed by atoms with Crippen molar-refractivity contribution >= 4 is 34.3 Å². The lowest BCUT2D eigenvalue weighted by atomic mass is 9.87. The van der Waals surface area contributed by atoms with Gasteiger partial charge in [-0.1, -0.05) is 111 Å². The van der Waals surface area contributed by atoms with Gasteiger partial charge in [0.15, 0.2) is 5.78 Å². The molecule has 1 aliphatic rings. The molecule has 1 saturated heterocycles. The first-order valence-electron chi connectivity index (χ1n) is 15.9. The van der Waals surface area contributed by atoms with E-state index in [4.69, 9.17) is 0 Å². The summed E-state index contributed by atoms with van der Waals surface area (Å²) in [6, 6.07) is 22.2. The van der Waals surface area contributed by atoms with Crippen LogP contribution in [0.2, 0.25) is 0 Å². The number of hydrogen-bond acceptors (Lipinski definition) is 4. The Morgan fingerprint density at radius 3 is 2.42 bits per heavy atom. The van der Waals surface area contributed by atoms with E-state index < -0.39 is 12.0 Å². The summed E-state index contributed by atoms with van der Waals surface area (Å²) >= 11 is 0. The minimum atomic E-state index is -0.798. The van der Waals surface area contributed by atoms with Gasteiger partial charge in [-0.05, 0) is 47.1 Å². The van der Waals surface area contributed by atoms with E-state index in [1.807, 2.05) is 92.7 Å². The minimum Gasteiger partial charge on any atom is -0.356 e. The highest BCUT2D eigenvalue weighted by atomic mass is 16.2. The zero-order valence-electron chi connectivity index (χ0n) is 26.3. The highest BCUT2D eigenvalue weighted by molar-refractivity contribution is 5.94. The summed E-state index contributed by atoms with van der Waals surface area (Å²) in [5.74, 6) is -1.25. The molecular weight excluding hydrogens is 562 g/mol. The van der Waals surface area contributed by atoms with Gasteiger partial charge in [-0.3, -0.25) is 19.2 Å². The Labute approximate surface area is 266 Å². The molecule has 4 rings (SSSR count). The number of rotatable bonds is 16. The molecular formula is C38H45N3O4. The summed E-state index contributed by atoms with van der Waals surface area (Å²) in [6.07, 6.45) is 7.43. The van der Waals surface area contributed by atoms with Crippen molar-refractivity contribution in [2.24, 2.45) is 17.8 Å². The average molecular weight is 608 g/mol. The maximum Gasteiger partial charge on any atom is 0.225 e. The van der Waals surface area contributed by atoms with E-state index in [-0.39, 0.29) is 54.2 Å². The molecule has 236 valence electrons. The molecule has 3 aromatic rings. The lowest BCUT2D eigenvalue weighted by molar-refractivity contribution is -0.132. The van der Waals surface area contributed by atoms with Crippen molar-refractivity contribution in [3.05, 3.63) is 109 Å². The molecule has 1 heterocycles. The standard InChI is InChI=1S/C38H45N3O4/c1-4-5-17-32(23-30-19-20-39-37(30)44)40-38(45)31(21-26(2)3)25-35(42)34(41-36(43)22-27-12-7-6-8-13-27)24-29-16-11-15-28-14-9-10-18-33(28)29/h4-18,26,30-32,34H,1,19-25H2,2-3H3,(H,39,44)(H,40,45)(H,41,43)/b17-5+/t30-,31+,32+,34-/m0/s1. The number of allylic oxidation sites excluding steroid dienone is 2. The number of nitrogens with one attached hydrogen (secondary N) is 3. The smallest absolute Gasteiger partial charge is 0.225 e. The van der Waals surface area contributed by atoms with Crippen LogP contribution >= 0.6 is 0 Å². The predicted octanol–water partition coefficient (Wildman–Crippen LogP) is 5.48. The fourth-order valence-electron chi connectivity index (χ4n) is 6.07. The van der Waals surface area contributed by atoms with Crippen LogP contribution in [0, 0.1) is 17.8 Å². The number of fused-ring (bicyclic) bond motifs is 1. The molecule has 3 aromatic carbocycles. The summed E-state index contributed by atoms with van der Waals surface area (Å²) in [5.41, 5.74) is 1.82. The normalized spacial score (nSPS) is 16.7. The van der Waals surface area contributed by atoms with Gasteiger partial charge in [0.2, 0.25) is 17.7 Å². The van der Waals surface area contributed by atoms with Gasteiger partial charge >= 0.3 is 0 Å². The van der Waals surface area contributed by atoms with E-state index in [1.54, 1.807) is 12.2 Å². The topological polar surface area (TPSA) is 104 Å². The molecule has 0 radical (unpaired) electrons. The summed E-state index contributed by atoms with van der Waals surface area (Å²) in [5, 5.41) is 11.1. The summed E-state index contributed by atoms with van der Waals surface area (Å²) < 4.78 is 0. The van der Waals surface area contributed by atoms with Crippen molar-refractivity contribution in [3.63, 3.8) is 0 Å². The zero-order valence-corrected chi connectivity index (χ0v) is 26.3. The average Bonchev–Trinajstić information content (AvgIpc) is 3.43. The fourth-order valence-corrected chi connectivity index (χ4v) is 6.07. The van der Waals surface area contributed by atoms with Crippen molar-refractivity contribution in [1.82, 2.24) is 16.0 Å². The van der Waals surface area contributed by atoms with E-state index in [0.29, 0.717) is 25.8 Å². The van der Waals surface area contributed by atoms with Crippen molar-refractivity contribution in [2.75, 3.05) is 6.54 Å². The van der Waals surface area contributed by atoms with E-state index in [9.17, 15) is 19.2 Å². The summed E-state index contributed by atoms with van der Waals surface area (Å²) in [6.45, 7) is 8.42. The molecule has 0 saturated carbocycles. The largest absolute Gasteiger partial charge is 0.356 e. The minimum absolute atomic E-state index is 0.00215. The Kier molecular flexibility index (Phi) is 12.3. The zero-order chi connectivity index (χ0) is 32.2. The first-order chi connectivity index (χ1) is 21.7. The lowest BCUT2D eigenvalue weighted by Crippen LogP contribution is -2.46. The van der Waals surface area contributed by atoms with Crippen LogP contribution in [0.15, 0.2) is 97.6 Å². The van der Waals surface area contributed by atoms with Crippen LogP contribution < -0.4 is 16.0 Å². The third-order valence-corrected chi connectivity index (χ3v) is 8.32. The molecule has 3 N–H and O–H groups in total. The van der Waals surface area contributed by atoms with E-state index in [0.717, 1.165) is 28.3 Å². The van der Waals surface area contributed by atoms with Gasteiger partial charge in [0.1, 0.15) is 0 Å². The first kappa shape index (κ1) is 33.4. The van der Waals surface area contributed by atoms with Crippen molar-refractivity contribution in [3.8, 4) is 0 Å². The molecule has 7 heteroatoms. The molecule has 0 aromatic heterocycles. The Hall–Kier alpha value is -4.52. The molecule has 0 aliphatic carbocycles. The Morgan fingerprint density at radius 1 is 0.978 bits per heavy atom.